The third kappa shape index (κ3) is 5.00. The van der Waals surface area contributed by atoms with Crippen molar-refractivity contribution in [3.63, 3.8) is 0 Å². The smallest absolute Gasteiger partial charge is 0.192 e. The molecule has 0 bridgehead atoms. The summed E-state index contributed by atoms with van der Waals surface area (Å²) in [6.45, 7) is 16.0. The van der Waals surface area contributed by atoms with Crippen molar-refractivity contribution in [2.24, 2.45) is 0 Å². The van der Waals surface area contributed by atoms with Gasteiger partial charge in [-0.05, 0) is 47.9 Å². The van der Waals surface area contributed by atoms with Gasteiger partial charge in [-0.2, -0.15) is 0 Å². The number of H-pyrrole nitrogens is 1. The fourth-order valence-electron chi connectivity index (χ4n) is 2.13. The minimum Gasteiger partial charge on any atom is -0.415 e. The molecule has 0 unspecified atom stereocenters. The average molecular weight is 441 g/mol. The van der Waals surface area contributed by atoms with E-state index < -0.39 is 8.32 Å². The van der Waals surface area contributed by atoms with Gasteiger partial charge in [0.25, 0.3) is 0 Å². The molecule has 0 aliphatic rings. The maximum Gasteiger partial charge on any atom is 0.192 e. The molecular weight excluding hydrogens is 412 g/mol. The van der Waals surface area contributed by atoms with Crippen LogP contribution >= 0.6 is 15.9 Å². The molecule has 0 saturated carbocycles. The van der Waals surface area contributed by atoms with Gasteiger partial charge >= 0.3 is 0 Å². The van der Waals surface area contributed by atoms with Gasteiger partial charge in [0, 0.05) is 11.7 Å². The molecule has 0 aliphatic carbocycles. The average Bonchev–Trinajstić information content (AvgIpc) is 2.93. The summed E-state index contributed by atoms with van der Waals surface area (Å²) in [7, 11) is -1.82. The first-order valence-electron chi connectivity index (χ1n) is 8.74. The number of hydrogen-bond acceptors (Lipinski definition) is 5. The summed E-state index contributed by atoms with van der Waals surface area (Å²) < 4.78 is 6.90. The van der Waals surface area contributed by atoms with Crippen LogP contribution in [0.3, 0.4) is 0 Å². The molecule has 2 rings (SSSR count). The van der Waals surface area contributed by atoms with Crippen LogP contribution < -0.4 is 5.32 Å². The molecule has 2 N–H and O–H groups in total. The van der Waals surface area contributed by atoms with Crippen LogP contribution in [0.25, 0.3) is 11.2 Å². The van der Waals surface area contributed by atoms with Crippen molar-refractivity contribution in [3.8, 4) is 0 Å². The van der Waals surface area contributed by atoms with Gasteiger partial charge in [0.1, 0.15) is 10.1 Å². The Kier molecular flexibility index (Phi) is 6.12. The van der Waals surface area contributed by atoms with Gasteiger partial charge in [0.05, 0.1) is 24.9 Å². The molecule has 2 aromatic heterocycles. The summed E-state index contributed by atoms with van der Waals surface area (Å²) in [5, 5.41) is 3.49. The second kappa shape index (κ2) is 7.50. The van der Waals surface area contributed by atoms with Crippen LogP contribution in [0, 0.1) is 0 Å². The van der Waals surface area contributed by atoms with Crippen LogP contribution in [0.5, 0.6) is 0 Å². The van der Waals surface area contributed by atoms with Crippen molar-refractivity contribution < 1.29 is 9.22 Å². The summed E-state index contributed by atoms with van der Waals surface area (Å²) in [6, 6.07) is 0. The third-order valence-electron chi connectivity index (χ3n) is 4.98. The SMILES string of the molecule is CC(C)(CO[Si](C)(C)C(C)(C)C)NCC(=O)c1c[nH]c2ncc(Br)nc12. The number of fused-ring (bicyclic) bond motifs is 1. The minimum absolute atomic E-state index is 0.0240. The quantitative estimate of drug-likeness (QED) is 0.495. The van der Waals surface area contributed by atoms with E-state index in [0.717, 1.165) is 0 Å². The van der Waals surface area contributed by atoms with E-state index in [1.165, 1.54) is 0 Å². The van der Waals surface area contributed by atoms with Gasteiger partial charge in [0.2, 0.25) is 0 Å². The molecule has 0 radical (unpaired) electrons. The summed E-state index contributed by atoms with van der Waals surface area (Å²) >= 11 is 3.30. The number of aromatic amines is 1. The summed E-state index contributed by atoms with van der Waals surface area (Å²) in [5.74, 6) is -0.0240. The van der Waals surface area contributed by atoms with E-state index in [0.29, 0.717) is 27.9 Å². The van der Waals surface area contributed by atoms with Gasteiger partial charge in [-0.3, -0.25) is 4.79 Å². The molecule has 0 spiro atoms. The topological polar surface area (TPSA) is 79.9 Å². The molecule has 0 aromatic carbocycles. The molecule has 0 aliphatic heterocycles. The Balaban J connectivity index is 2.00. The monoisotopic (exact) mass is 440 g/mol. The second-order valence-electron chi connectivity index (χ2n) is 8.80. The van der Waals surface area contributed by atoms with Crippen LogP contribution in [0.1, 0.15) is 45.0 Å². The molecule has 26 heavy (non-hydrogen) atoms. The largest absolute Gasteiger partial charge is 0.415 e. The Morgan fingerprint density at radius 1 is 1.31 bits per heavy atom. The van der Waals surface area contributed by atoms with Crippen LogP contribution in [0.15, 0.2) is 17.0 Å². The maximum atomic E-state index is 12.6. The first-order chi connectivity index (χ1) is 11.8. The molecule has 0 fully saturated rings. The zero-order valence-corrected chi connectivity index (χ0v) is 19.2. The molecule has 0 atom stereocenters. The highest BCUT2D eigenvalue weighted by atomic mass is 79.9. The predicted octanol–water partition coefficient (Wildman–Crippen LogP) is 4.29. The summed E-state index contributed by atoms with van der Waals surface area (Å²) in [4.78, 5) is 24.2. The van der Waals surface area contributed by atoms with Gasteiger partial charge in [-0.15, -0.1) is 0 Å². The number of carbonyl (C=O) groups is 1. The van der Waals surface area contributed by atoms with E-state index in [1.807, 2.05) is 0 Å². The maximum absolute atomic E-state index is 12.6. The number of aromatic nitrogens is 3. The van der Waals surface area contributed by atoms with Crippen LogP contribution in [-0.4, -0.2) is 47.7 Å². The number of nitrogens with one attached hydrogen (secondary N) is 2. The van der Waals surface area contributed by atoms with Crippen molar-refractivity contribution in [1.82, 2.24) is 20.3 Å². The standard InChI is InChI=1S/C18H29BrN4O2Si/c1-17(2,3)26(6,7)25-11-18(4,5)22-9-13(24)12-8-20-16-15(12)23-14(19)10-21-16/h8,10,22H,9,11H2,1-7H3,(H,20,21). The molecule has 8 heteroatoms. The lowest BCUT2D eigenvalue weighted by Crippen LogP contribution is -2.50. The van der Waals surface area contributed by atoms with Gasteiger partial charge in [0.15, 0.2) is 19.7 Å². The Bertz CT molecular complexity index is 796. The van der Waals surface area contributed by atoms with Crippen LogP contribution in [-0.2, 0) is 4.43 Å². The van der Waals surface area contributed by atoms with Crippen molar-refractivity contribution in [3.05, 3.63) is 22.6 Å². The van der Waals surface area contributed by atoms with Gasteiger partial charge in [-0.1, -0.05) is 20.8 Å². The lowest BCUT2D eigenvalue weighted by molar-refractivity contribution is 0.0970. The van der Waals surface area contributed by atoms with E-state index in [-0.39, 0.29) is 22.9 Å². The number of carbonyl (C=O) groups excluding carboxylic acids is 1. The zero-order valence-electron chi connectivity index (χ0n) is 16.7. The third-order valence-corrected chi connectivity index (χ3v) is 9.84. The number of Topliss-reactive ketones (excluding diaryl/α,β-unsaturated/α-hetero) is 1. The molecule has 2 aromatic rings. The molecular formula is C18H29BrN4O2Si. The Morgan fingerprint density at radius 3 is 2.58 bits per heavy atom. The first-order valence-corrected chi connectivity index (χ1v) is 12.4. The number of nitrogens with zero attached hydrogens (tertiary/aromatic N) is 2. The lowest BCUT2D eigenvalue weighted by atomic mass is 10.1. The molecule has 0 saturated heterocycles. The van der Waals surface area contributed by atoms with Crippen LogP contribution in [0.2, 0.25) is 18.1 Å². The first kappa shape index (κ1) is 21.2. The highest BCUT2D eigenvalue weighted by Crippen LogP contribution is 2.36. The number of hydrogen-bond donors (Lipinski definition) is 2. The number of ketones is 1. The highest BCUT2D eigenvalue weighted by Gasteiger charge is 2.38. The zero-order chi connectivity index (χ0) is 19.8. The second-order valence-corrected chi connectivity index (χ2v) is 14.4. The fourth-order valence-corrected chi connectivity index (χ4v) is 3.56. The van der Waals surface area contributed by atoms with Crippen LogP contribution in [0.4, 0.5) is 0 Å². The van der Waals surface area contributed by atoms with E-state index in [4.69, 9.17) is 4.43 Å². The van der Waals surface area contributed by atoms with E-state index in [1.54, 1.807) is 12.4 Å². The Hall–Kier alpha value is -1.09. The van der Waals surface area contributed by atoms with Crippen molar-refractivity contribution in [1.29, 1.82) is 0 Å². The molecule has 2 heterocycles. The molecule has 6 nitrogen and oxygen atoms in total. The van der Waals surface area contributed by atoms with E-state index in [2.05, 4.69) is 83.9 Å². The van der Waals surface area contributed by atoms with Crippen molar-refractivity contribution in [2.75, 3.05) is 13.2 Å². The Morgan fingerprint density at radius 2 is 1.96 bits per heavy atom. The van der Waals surface area contributed by atoms with Gasteiger partial charge in [-0.25, -0.2) is 9.97 Å². The Labute approximate surface area is 164 Å². The minimum atomic E-state index is -1.82. The van der Waals surface area contributed by atoms with Crippen molar-refractivity contribution >= 4 is 41.2 Å². The fraction of sp³-hybridized carbons (Fsp3) is 0.611. The molecule has 0 amide bonds. The van der Waals surface area contributed by atoms with E-state index >= 15 is 0 Å². The molecule has 144 valence electrons. The van der Waals surface area contributed by atoms with Gasteiger partial charge < -0.3 is 14.7 Å². The lowest BCUT2D eigenvalue weighted by Gasteiger charge is -2.39. The van der Waals surface area contributed by atoms with E-state index in [9.17, 15) is 4.79 Å². The summed E-state index contributed by atoms with van der Waals surface area (Å²) in [6.07, 6.45) is 3.27. The normalized spacial score (nSPS) is 13.4. The highest BCUT2D eigenvalue weighted by molar-refractivity contribution is 9.10. The number of rotatable bonds is 7. The predicted molar refractivity (Wildman–Crippen MR) is 111 cm³/mol. The number of halogens is 1. The van der Waals surface area contributed by atoms with Crippen molar-refractivity contribution in [2.45, 2.75) is 58.3 Å². The summed E-state index contributed by atoms with van der Waals surface area (Å²) in [5.41, 5.74) is 1.43.